The van der Waals surface area contributed by atoms with Gasteiger partial charge in [0.2, 0.25) is 0 Å². The van der Waals surface area contributed by atoms with Gasteiger partial charge in [0.15, 0.2) is 0 Å². The van der Waals surface area contributed by atoms with Crippen molar-refractivity contribution >= 4 is 23.2 Å². The predicted octanol–water partition coefficient (Wildman–Crippen LogP) is 3.29. The Labute approximate surface area is 113 Å². The fraction of sp³-hybridized carbons (Fsp3) is 0.538. The van der Waals surface area contributed by atoms with Crippen LogP contribution in [-0.2, 0) is 6.42 Å². The maximum absolute atomic E-state index is 10.2. The molecule has 0 aromatic heterocycles. The summed E-state index contributed by atoms with van der Waals surface area (Å²) < 4.78 is 0. The predicted molar refractivity (Wildman–Crippen MR) is 74.0 cm³/mol. The molecule has 0 fully saturated rings. The molecule has 0 amide bonds. The lowest BCUT2D eigenvalue weighted by Gasteiger charge is -2.24. The molecule has 96 valence electrons. The second kappa shape index (κ2) is 6.60. The summed E-state index contributed by atoms with van der Waals surface area (Å²) in [6.07, 6.45) is 1.54. The lowest BCUT2D eigenvalue weighted by atomic mass is 9.96. The van der Waals surface area contributed by atoms with Crippen LogP contribution in [0.4, 0.5) is 0 Å². The summed E-state index contributed by atoms with van der Waals surface area (Å²) in [4.78, 5) is 0. The number of halogens is 2. The zero-order valence-corrected chi connectivity index (χ0v) is 11.8. The van der Waals surface area contributed by atoms with Crippen LogP contribution in [0.2, 0.25) is 10.0 Å². The van der Waals surface area contributed by atoms with Gasteiger partial charge in [-0.25, -0.2) is 0 Å². The number of nitrogens with one attached hydrogen (secondary N) is 1. The monoisotopic (exact) mass is 275 g/mol. The zero-order chi connectivity index (χ0) is 12.9. The fourth-order valence-corrected chi connectivity index (χ4v) is 2.07. The molecule has 0 saturated heterocycles. The number of rotatable bonds is 6. The third kappa shape index (κ3) is 5.26. The topological polar surface area (TPSA) is 32.3 Å². The molecule has 1 rings (SSSR count). The van der Waals surface area contributed by atoms with Crippen LogP contribution in [0.3, 0.4) is 0 Å². The van der Waals surface area contributed by atoms with E-state index in [0.717, 1.165) is 18.5 Å². The molecular weight excluding hydrogens is 257 g/mol. The minimum atomic E-state index is -0.816. The molecule has 1 atom stereocenters. The van der Waals surface area contributed by atoms with E-state index in [0.29, 0.717) is 23.0 Å². The first-order valence-corrected chi connectivity index (χ1v) is 6.57. The number of hydrogen-bond acceptors (Lipinski definition) is 2. The van der Waals surface area contributed by atoms with E-state index in [-0.39, 0.29) is 0 Å². The molecule has 17 heavy (non-hydrogen) atoms. The molecule has 2 N–H and O–H groups in total. The van der Waals surface area contributed by atoms with Crippen LogP contribution in [0.5, 0.6) is 0 Å². The summed E-state index contributed by atoms with van der Waals surface area (Å²) in [5.74, 6) is 0. The normalized spacial score (nSPS) is 14.6. The molecule has 2 nitrogen and oxygen atoms in total. The number of benzene rings is 1. The maximum Gasteiger partial charge on any atom is 0.0784 e. The zero-order valence-electron chi connectivity index (χ0n) is 10.3. The van der Waals surface area contributed by atoms with Crippen molar-refractivity contribution in [1.29, 1.82) is 0 Å². The summed E-state index contributed by atoms with van der Waals surface area (Å²) in [7, 11) is 0. The van der Waals surface area contributed by atoms with Crippen LogP contribution in [0.1, 0.15) is 25.8 Å². The van der Waals surface area contributed by atoms with Gasteiger partial charge in [0.25, 0.3) is 0 Å². The number of hydrogen-bond donors (Lipinski definition) is 2. The van der Waals surface area contributed by atoms with Crippen LogP contribution in [-0.4, -0.2) is 23.8 Å². The van der Waals surface area contributed by atoms with E-state index in [2.05, 4.69) is 12.2 Å². The highest BCUT2D eigenvalue weighted by Gasteiger charge is 2.21. The van der Waals surface area contributed by atoms with Gasteiger partial charge in [-0.15, -0.1) is 0 Å². The summed E-state index contributed by atoms with van der Waals surface area (Å²) in [5.41, 5.74) is 0.0613. The summed E-state index contributed by atoms with van der Waals surface area (Å²) in [6.45, 7) is 5.34. The molecule has 1 aromatic carbocycles. The van der Waals surface area contributed by atoms with Gasteiger partial charge in [-0.2, -0.15) is 0 Å². The average molecular weight is 276 g/mol. The van der Waals surface area contributed by atoms with Crippen molar-refractivity contribution in [1.82, 2.24) is 5.32 Å². The fourth-order valence-electron chi connectivity index (χ4n) is 1.69. The van der Waals surface area contributed by atoms with Gasteiger partial charge >= 0.3 is 0 Å². The lowest BCUT2D eigenvalue weighted by Crippen LogP contribution is -2.40. The van der Waals surface area contributed by atoms with Crippen molar-refractivity contribution in [2.24, 2.45) is 0 Å². The Hall–Kier alpha value is -0.280. The molecule has 0 heterocycles. The van der Waals surface area contributed by atoms with Crippen molar-refractivity contribution in [3.05, 3.63) is 33.8 Å². The van der Waals surface area contributed by atoms with Gasteiger partial charge in [-0.1, -0.05) is 30.1 Å². The van der Waals surface area contributed by atoms with Gasteiger partial charge in [-0.3, -0.25) is 0 Å². The van der Waals surface area contributed by atoms with E-state index in [1.807, 2.05) is 0 Å². The van der Waals surface area contributed by atoms with Gasteiger partial charge in [-0.05, 0) is 43.7 Å². The number of aliphatic hydroxyl groups is 1. The van der Waals surface area contributed by atoms with Gasteiger partial charge in [0.05, 0.1) is 5.60 Å². The van der Waals surface area contributed by atoms with E-state index in [4.69, 9.17) is 23.2 Å². The lowest BCUT2D eigenvalue weighted by molar-refractivity contribution is 0.0604. The van der Waals surface area contributed by atoms with E-state index >= 15 is 0 Å². The first-order chi connectivity index (χ1) is 7.94. The first kappa shape index (κ1) is 14.8. The first-order valence-electron chi connectivity index (χ1n) is 5.81. The molecular formula is C13H19Cl2NO. The Morgan fingerprint density at radius 3 is 2.71 bits per heavy atom. The molecule has 0 saturated carbocycles. The maximum atomic E-state index is 10.2. The van der Waals surface area contributed by atoms with Crippen LogP contribution < -0.4 is 5.32 Å². The highest BCUT2D eigenvalue weighted by molar-refractivity contribution is 6.33. The second-order valence-corrected chi connectivity index (χ2v) is 5.43. The quantitative estimate of drug-likeness (QED) is 0.781. The van der Waals surface area contributed by atoms with Crippen molar-refractivity contribution in [2.75, 3.05) is 13.1 Å². The smallest absolute Gasteiger partial charge is 0.0784 e. The van der Waals surface area contributed by atoms with E-state index < -0.39 is 5.60 Å². The molecule has 0 aliphatic heterocycles. The Morgan fingerprint density at radius 1 is 1.35 bits per heavy atom. The Balaban J connectivity index is 2.65. The molecule has 0 aliphatic rings. The molecule has 0 spiro atoms. The molecule has 1 aromatic rings. The Morgan fingerprint density at radius 2 is 2.06 bits per heavy atom. The summed E-state index contributed by atoms with van der Waals surface area (Å²) in [5, 5.41) is 14.7. The van der Waals surface area contributed by atoms with Crippen molar-refractivity contribution in [3.63, 3.8) is 0 Å². The standard InChI is InChI=1S/C13H19Cl2NO/c1-3-6-16-9-13(2,17)8-10-7-11(14)4-5-12(10)15/h4-5,7,16-17H,3,6,8-9H2,1-2H3. The van der Waals surface area contributed by atoms with Crippen molar-refractivity contribution in [3.8, 4) is 0 Å². The van der Waals surface area contributed by atoms with Crippen LogP contribution in [0.25, 0.3) is 0 Å². The SMILES string of the molecule is CCCNCC(C)(O)Cc1cc(Cl)ccc1Cl. The third-order valence-corrected chi connectivity index (χ3v) is 3.12. The van der Waals surface area contributed by atoms with E-state index in [1.54, 1.807) is 25.1 Å². The molecule has 0 bridgehead atoms. The largest absolute Gasteiger partial charge is 0.389 e. The highest BCUT2D eigenvalue weighted by Crippen LogP contribution is 2.24. The Bertz CT molecular complexity index is 366. The van der Waals surface area contributed by atoms with Crippen LogP contribution >= 0.6 is 23.2 Å². The summed E-state index contributed by atoms with van der Waals surface area (Å²) >= 11 is 12.0. The van der Waals surface area contributed by atoms with Gasteiger partial charge in [0.1, 0.15) is 0 Å². The highest BCUT2D eigenvalue weighted by atomic mass is 35.5. The van der Waals surface area contributed by atoms with Gasteiger partial charge < -0.3 is 10.4 Å². The molecule has 0 aliphatic carbocycles. The molecule has 1 unspecified atom stereocenters. The minimum Gasteiger partial charge on any atom is -0.389 e. The molecule has 0 radical (unpaired) electrons. The molecule has 4 heteroatoms. The average Bonchev–Trinajstić information content (AvgIpc) is 2.23. The summed E-state index contributed by atoms with van der Waals surface area (Å²) in [6, 6.07) is 5.31. The van der Waals surface area contributed by atoms with Crippen molar-refractivity contribution in [2.45, 2.75) is 32.3 Å². The minimum absolute atomic E-state index is 0.489. The third-order valence-electron chi connectivity index (χ3n) is 2.51. The van der Waals surface area contributed by atoms with Crippen molar-refractivity contribution < 1.29 is 5.11 Å². The second-order valence-electron chi connectivity index (χ2n) is 4.59. The Kier molecular flexibility index (Phi) is 5.74. The van der Waals surface area contributed by atoms with Crippen LogP contribution in [0.15, 0.2) is 18.2 Å². The van der Waals surface area contributed by atoms with E-state index in [9.17, 15) is 5.11 Å². The van der Waals surface area contributed by atoms with Gasteiger partial charge in [0, 0.05) is 23.0 Å². The van der Waals surface area contributed by atoms with E-state index in [1.165, 1.54) is 0 Å². The van der Waals surface area contributed by atoms with Crippen LogP contribution in [0, 0.1) is 0 Å².